The molecular formula is C27H23NO8. The lowest BCUT2D eigenvalue weighted by Crippen LogP contribution is -2.35. The van der Waals surface area contributed by atoms with E-state index in [1.807, 2.05) is 0 Å². The van der Waals surface area contributed by atoms with Crippen LogP contribution in [0.25, 0.3) is 11.0 Å². The van der Waals surface area contributed by atoms with E-state index < -0.39 is 23.6 Å². The monoisotopic (exact) mass is 489 g/mol. The molecule has 1 aromatic heterocycles. The van der Waals surface area contributed by atoms with Crippen molar-refractivity contribution in [2.75, 3.05) is 26.6 Å². The molecule has 3 aromatic carbocycles. The van der Waals surface area contributed by atoms with Crippen LogP contribution in [0.5, 0.6) is 28.7 Å². The van der Waals surface area contributed by atoms with Crippen LogP contribution in [0.1, 0.15) is 17.0 Å². The predicted octanol–water partition coefficient (Wildman–Crippen LogP) is 4.06. The summed E-state index contributed by atoms with van der Waals surface area (Å²) in [6, 6.07) is 16.9. The van der Waals surface area contributed by atoms with Crippen molar-refractivity contribution in [1.29, 1.82) is 0 Å². The lowest BCUT2D eigenvalue weighted by Gasteiger charge is -2.20. The Morgan fingerprint density at radius 2 is 1.61 bits per heavy atom. The molecule has 184 valence electrons. The molecule has 5 rings (SSSR count). The highest BCUT2D eigenvalue weighted by Crippen LogP contribution is 2.48. The molecule has 0 aliphatic carbocycles. The van der Waals surface area contributed by atoms with Crippen molar-refractivity contribution < 1.29 is 33.3 Å². The first-order valence-corrected chi connectivity index (χ1v) is 11.1. The number of methoxy groups -OCH3 is 3. The van der Waals surface area contributed by atoms with Gasteiger partial charge in [0.25, 0.3) is 5.91 Å². The first-order valence-electron chi connectivity index (χ1n) is 11.1. The zero-order valence-corrected chi connectivity index (χ0v) is 19.7. The zero-order chi connectivity index (χ0) is 25.4. The fraction of sp³-hybridized carbons (Fsp3) is 0.185. The second-order valence-electron chi connectivity index (χ2n) is 8.14. The van der Waals surface area contributed by atoms with E-state index in [4.69, 9.17) is 23.4 Å². The van der Waals surface area contributed by atoms with Gasteiger partial charge in [0.05, 0.1) is 38.2 Å². The van der Waals surface area contributed by atoms with E-state index in [0.29, 0.717) is 28.0 Å². The second-order valence-corrected chi connectivity index (χ2v) is 8.14. The topological polar surface area (TPSA) is 116 Å². The maximum absolute atomic E-state index is 13.5. The van der Waals surface area contributed by atoms with Crippen LogP contribution in [0.4, 0.5) is 5.69 Å². The van der Waals surface area contributed by atoms with Gasteiger partial charge in [0.1, 0.15) is 17.1 Å². The number of rotatable bonds is 6. The molecule has 0 fully saturated rings. The number of ether oxygens (including phenoxy) is 4. The Labute approximate surface area is 205 Å². The Morgan fingerprint density at radius 3 is 2.25 bits per heavy atom. The maximum atomic E-state index is 13.5. The number of hydrogen-bond acceptors (Lipinski definition) is 8. The number of phenolic OH excluding ortho intramolecular Hbond substituents is 1. The van der Waals surface area contributed by atoms with Crippen molar-refractivity contribution in [2.45, 2.75) is 12.0 Å². The van der Waals surface area contributed by atoms with Crippen LogP contribution in [-0.4, -0.2) is 38.4 Å². The number of carbonyl (C=O) groups is 1. The fourth-order valence-electron chi connectivity index (χ4n) is 4.40. The van der Waals surface area contributed by atoms with Crippen molar-refractivity contribution in [2.24, 2.45) is 0 Å². The molecule has 1 aliphatic rings. The summed E-state index contributed by atoms with van der Waals surface area (Å²) in [5.74, 6) is -0.392. The molecule has 0 bridgehead atoms. The second kappa shape index (κ2) is 9.18. The summed E-state index contributed by atoms with van der Waals surface area (Å²) in [7, 11) is 4.35. The molecule has 0 spiro atoms. The predicted molar refractivity (Wildman–Crippen MR) is 132 cm³/mol. The van der Waals surface area contributed by atoms with Crippen molar-refractivity contribution in [1.82, 2.24) is 0 Å². The highest BCUT2D eigenvalue weighted by molar-refractivity contribution is 5.97. The molecule has 0 radical (unpaired) electrons. The van der Waals surface area contributed by atoms with Gasteiger partial charge in [0.2, 0.25) is 5.75 Å². The lowest BCUT2D eigenvalue weighted by atomic mass is 9.87. The number of fused-ring (bicyclic) bond motifs is 3. The number of hydrogen-bond donors (Lipinski definition) is 2. The van der Waals surface area contributed by atoms with Crippen LogP contribution >= 0.6 is 0 Å². The van der Waals surface area contributed by atoms with Gasteiger partial charge in [-0.1, -0.05) is 12.1 Å². The van der Waals surface area contributed by atoms with Gasteiger partial charge < -0.3 is 33.8 Å². The standard InChI is InChI=1S/C27H23NO8/c1-32-16-10-8-15(9-11-16)28-26(30)25-21(14-12-19(33-2)23(29)20(13-14)34-3)22-24(36-25)17-6-4-5-7-18(17)35-27(22)31/h4-13,21,25,29H,1-3H3,(H,28,30)/t21-,25-/m0/s1. The average molecular weight is 489 g/mol. The van der Waals surface area contributed by atoms with E-state index in [1.165, 1.54) is 14.2 Å². The average Bonchev–Trinajstić information content (AvgIpc) is 3.31. The highest BCUT2D eigenvalue weighted by atomic mass is 16.5. The molecule has 2 heterocycles. The summed E-state index contributed by atoms with van der Waals surface area (Å²) >= 11 is 0. The third-order valence-electron chi connectivity index (χ3n) is 6.13. The Hall–Kier alpha value is -4.66. The van der Waals surface area contributed by atoms with E-state index in [1.54, 1.807) is 67.8 Å². The molecule has 2 N–H and O–H groups in total. The van der Waals surface area contributed by atoms with Crippen LogP contribution in [0.15, 0.2) is 69.9 Å². The molecular weight excluding hydrogens is 466 g/mol. The minimum atomic E-state index is -1.13. The molecule has 4 aromatic rings. The summed E-state index contributed by atoms with van der Waals surface area (Å²) in [4.78, 5) is 26.7. The van der Waals surface area contributed by atoms with Crippen LogP contribution in [0.3, 0.4) is 0 Å². The molecule has 0 unspecified atom stereocenters. The number of anilines is 1. The van der Waals surface area contributed by atoms with E-state index >= 15 is 0 Å². The zero-order valence-electron chi connectivity index (χ0n) is 19.7. The first-order chi connectivity index (χ1) is 17.4. The third kappa shape index (κ3) is 3.84. The summed E-state index contributed by atoms with van der Waals surface area (Å²) in [6.07, 6.45) is -1.13. The molecule has 2 atom stereocenters. The Kier molecular flexibility index (Phi) is 5.89. The number of aromatic hydroxyl groups is 1. The highest BCUT2D eigenvalue weighted by Gasteiger charge is 2.45. The Balaban J connectivity index is 1.65. The number of nitrogens with one attached hydrogen (secondary N) is 1. The van der Waals surface area contributed by atoms with Gasteiger partial charge in [-0.15, -0.1) is 0 Å². The van der Waals surface area contributed by atoms with Gasteiger partial charge in [-0.05, 0) is 54.1 Å². The summed E-state index contributed by atoms with van der Waals surface area (Å²) in [5, 5.41) is 13.8. The van der Waals surface area contributed by atoms with E-state index in [2.05, 4.69) is 5.32 Å². The first kappa shape index (κ1) is 23.1. The quantitative estimate of drug-likeness (QED) is 0.390. The molecule has 0 saturated carbocycles. The maximum Gasteiger partial charge on any atom is 0.344 e. The molecule has 9 heteroatoms. The Bertz CT molecular complexity index is 1480. The van der Waals surface area contributed by atoms with Gasteiger partial charge >= 0.3 is 5.63 Å². The van der Waals surface area contributed by atoms with Crippen molar-refractivity contribution >= 4 is 22.6 Å². The van der Waals surface area contributed by atoms with E-state index in [0.717, 1.165) is 0 Å². The number of carbonyl (C=O) groups excluding carboxylic acids is 1. The molecule has 0 saturated heterocycles. The van der Waals surface area contributed by atoms with Gasteiger partial charge in [0, 0.05) is 5.69 Å². The van der Waals surface area contributed by atoms with Gasteiger partial charge in [-0.2, -0.15) is 0 Å². The van der Waals surface area contributed by atoms with Crippen LogP contribution in [0, 0.1) is 0 Å². The third-order valence-corrected chi connectivity index (χ3v) is 6.13. The fourth-order valence-corrected chi connectivity index (χ4v) is 4.40. The molecule has 1 amide bonds. The summed E-state index contributed by atoms with van der Waals surface area (Å²) in [6.45, 7) is 0. The Morgan fingerprint density at radius 1 is 0.944 bits per heavy atom. The van der Waals surface area contributed by atoms with Gasteiger partial charge in [0.15, 0.2) is 17.6 Å². The smallest absolute Gasteiger partial charge is 0.344 e. The number of amides is 1. The van der Waals surface area contributed by atoms with E-state index in [9.17, 15) is 14.7 Å². The normalized spacial score (nSPS) is 16.2. The van der Waals surface area contributed by atoms with Gasteiger partial charge in [-0.3, -0.25) is 4.79 Å². The summed E-state index contributed by atoms with van der Waals surface area (Å²) in [5.41, 5.74) is 0.907. The summed E-state index contributed by atoms with van der Waals surface area (Å²) < 4.78 is 27.5. The van der Waals surface area contributed by atoms with Crippen molar-refractivity contribution in [3.63, 3.8) is 0 Å². The molecule has 9 nitrogen and oxygen atoms in total. The van der Waals surface area contributed by atoms with Crippen molar-refractivity contribution in [3.05, 3.63) is 82.2 Å². The van der Waals surface area contributed by atoms with E-state index in [-0.39, 0.29) is 28.6 Å². The van der Waals surface area contributed by atoms with Crippen LogP contribution in [0.2, 0.25) is 0 Å². The number of benzene rings is 3. The largest absolute Gasteiger partial charge is 0.502 e. The number of phenols is 1. The van der Waals surface area contributed by atoms with Gasteiger partial charge in [-0.25, -0.2) is 4.79 Å². The molecule has 36 heavy (non-hydrogen) atoms. The molecule has 1 aliphatic heterocycles. The SMILES string of the molecule is COc1ccc(NC(=O)[C@H]2Oc3c(c(=O)oc4ccccc34)[C@@H]2c2cc(OC)c(O)c(OC)c2)cc1. The minimum absolute atomic E-state index is 0.122. The van der Waals surface area contributed by atoms with Crippen LogP contribution < -0.4 is 29.9 Å². The number of para-hydroxylation sites is 1. The lowest BCUT2D eigenvalue weighted by molar-refractivity contribution is -0.122. The van der Waals surface area contributed by atoms with Crippen LogP contribution in [-0.2, 0) is 4.79 Å². The van der Waals surface area contributed by atoms with Crippen molar-refractivity contribution in [3.8, 4) is 28.7 Å². The minimum Gasteiger partial charge on any atom is -0.502 e.